The average Bonchev–Trinajstić information content (AvgIpc) is 2.93. The molecule has 0 atom stereocenters. The molecule has 1 spiro atoms. The molecule has 0 bridgehead atoms. The van der Waals surface area contributed by atoms with E-state index in [0.717, 1.165) is 29.5 Å². The number of urea groups is 1. The Morgan fingerprint density at radius 3 is 2.41 bits per heavy atom. The second-order valence-electron chi connectivity index (χ2n) is 9.85. The van der Waals surface area contributed by atoms with Gasteiger partial charge in [-0.05, 0) is 60.9 Å². The fourth-order valence-electron chi connectivity index (χ4n) is 4.31. The van der Waals surface area contributed by atoms with Gasteiger partial charge < -0.3 is 15.5 Å². The maximum atomic E-state index is 13.1. The van der Waals surface area contributed by atoms with Crippen molar-refractivity contribution in [1.82, 2.24) is 15.1 Å². The van der Waals surface area contributed by atoms with Gasteiger partial charge in [0.2, 0.25) is 5.91 Å². The molecule has 1 aliphatic heterocycles. The molecule has 5 amide bonds. The number of rotatable bonds is 4. The van der Waals surface area contributed by atoms with E-state index in [2.05, 4.69) is 31.4 Å². The lowest BCUT2D eigenvalue weighted by molar-refractivity contribution is -0.135. The monoisotopic (exact) mass is 460 g/mol. The van der Waals surface area contributed by atoms with Crippen molar-refractivity contribution in [2.24, 2.45) is 11.3 Å². The topological polar surface area (TPSA) is 98.8 Å². The van der Waals surface area contributed by atoms with Gasteiger partial charge >= 0.3 is 6.03 Å². The minimum Gasteiger partial charge on any atom is -0.339 e. The summed E-state index contributed by atoms with van der Waals surface area (Å²) in [5.74, 6) is -0.316. The first-order valence-corrected chi connectivity index (χ1v) is 11.7. The molecule has 2 aliphatic rings. The van der Waals surface area contributed by atoms with Crippen LogP contribution in [0.1, 0.15) is 46.5 Å². The molecule has 0 aromatic heterocycles. The number of para-hydroxylation sites is 1. The van der Waals surface area contributed by atoms with Gasteiger partial charge in [-0.3, -0.25) is 19.3 Å². The smallest absolute Gasteiger partial charge is 0.325 e. The zero-order valence-electron chi connectivity index (χ0n) is 19.4. The van der Waals surface area contributed by atoms with Crippen LogP contribution >= 0.6 is 11.8 Å². The molecule has 1 heterocycles. The van der Waals surface area contributed by atoms with E-state index in [1.165, 1.54) is 4.90 Å². The normalized spacial score (nSPS) is 23.3. The molecular weight excluding hydrogens is 428 g/mol. The molecule has 1 saturated heterocycles. The van der Waals surface area contributed by atoms with Crippen molar-refractivity contribution in [3.8, 4) is 0 Å². The van der Waals surface area contributed by atoms with E-state index in [4.69, 9.17) is 0 Å². The third kappa shape index (κ3) is 5.09. The number of hydrogen-bond acceptors (Lipinski definition) is 5. The lowest BCUT2D eigenvalue weighted by Crippen LogP contribution is -2.51. The number of thioether (sulfide) groups is 1. The number of carbonyl (C=O) groups is 4. The van der Waals surface area contributed by atoms with E-state index in [1.54, 1.807) is 38.4 Å². The zero-order valence-corrected chi connectivity index (χ0v) is 20.2. The highest BCUT2D eigenvalue weighted by Crippen LogP contribution is 2.43. The van der Waals surface area contributed by atoms with Crippen molar-refractivity contribution in [3.05, 3.63) is 24.3 Å². The van der Waals surface area contributed by atoms with Gasteiger partial charge in [0.15, 0.2) is 0 Å². The Morgan fingerprint density at radius 2 is 1.81 bits per heavy atom. The number of benzene rings is 1. The minimum absolute atomic E-state index is 0.159. The molecule has 1 aliphatic carbocycles. The third-order valence-electron chi connectivity index (χ3n) is 6.34. The highest BCUT2D eigenvalue weighted by atomic mass is 32.2. The summed E-state index contributed by atoms with van der Waals surface area (Å²) in [6.45, 7) is 6.23. The Bertz CT molecular complexity index is 917. The summed E-state index contributed by atoms with van der Waals surface area (Å²) < 4.78 is 0. The van der Waals surface area contributed by atoms with Crippen molar-refractivity contribution in [2.75, 3.05) is 26.0 Å². The second-order valence-corrected chi connectivity index (χ2v) is 10.8. The maximum absolute atomic E-state index is 13.1. The number of hydrogen-bond donors (Lipinski definition) is 2. The van der Waals surface area contributed by atoms with Crippen LogP contribution in [0.15, 0.2) is 29.2 Å². The van der Waals surface area contributed by atoms with Crippen LogP contribution in [0.4, 0.5) is 15.3 Å². The van der Waals surface area contributed by atoms with E-state index in [-0.39, 0.29) is 23.1 Å². The maximum Gasteiger partial charge on any atom is 0.325 e. The number of imide groups is 1. The molecule has 9 heteroatoms. The first-order valence-electron chi connectivity index (χ1n) is 10.8. The van der Waals surface area contributed by atoms with Gasteiger partial charge in [0, 0.05) is 19.0 Å². The standard InChI is InChI=1S/C23H32N4O4S/c1-22(2,3)15-10-12-23(13-11-15)19(29)27(20(30)25-23)14-18(28)24-16-8-6-7-9-17(16)32-21(31)26(4)5/h6-9,15H,10-14H2,1-5H3,(H,24,28)(H,25,30). The summed E-state index contributed by atoms with van der Waals surface area (Å²) in [6, 6.07) is 6.42. The summed E-state index contributed by atoms with van der Waals surface area (Å²) in [6.07, 6.45) is 2.90. The Morgan fingerprint density at radius 1 is 1.19 bits per heavy atom. The lowest BCUT2D eigenvalue weighted by Gasteiger charge is -2.40. The van der Waals surface area contributed by atoms with Gasteiger partial charge in [-0.1, -0.05) is 32.9 Å². The van der Waals surface area contributed by atoms with Crippen LogP contribution in [-0.2, 0) is 9.59 Å². The fourth-order valence-corrected chi connectivity index (χ4v) is 5.06. The van der Waals surface area contributed by atoms with Crippen molar-refractivity contribution < 1.29 is 19.2 Å². The van der Waals surface area contributed by atoms with Crippen molar-refractivity contribution in [1.29, 1.82) is 0 Å². The molecule has 3 rings (SSSR count). The van der Waals surface area contributed by atoms with Gasteiger partial charge in [-0.25, -0.2) is 4.79 Å². The van der Waals surface area contributed by atoms with E-state index in [1.807, 2.05) is 0 Å². The van der Waals surface area contributed by atoms with Crippen LogP contribution in [-0.4, -0.2) is 59.1 Å². The van der Waals surface area contributed by atoms with Gasteiger partial charge in [-0.2, -0.15) is 0 Å². The zero-order chi connectivity index (χ0) is 23.7. The first kappa shape index (κ1) is 24.1. The Kier molecular flexibility index (Phi) is 6.88. The molecule has 32 heavy (non-hydrogen) atoms. The molecule has 8 nitrogen and oxygen atoms in total. The average molecular weight is 461 g/mol. The van der Waals surface area contributed by atoms with Crippen molar-refractivity contribution in [3.63, 3.8) is 0 Å². The van der Waals surface area contributed by atoms with Gasteiger partial charge in [0.05, 0.1) is 5.69 Å². The number of anilines is 1. The van der Waals surface area contributed by atoms with E-state index in [0.29, 0.717) is 29.3 Å². The summed E-state index contributed by atoms with van der Waals surface area (Å²) in [7, 11) is 3.30. The molecule has 0 radical (unpaired) electrons. The van der Waals surface area contributed by atoms with Gasteiger partial charge in [-0.15, -0.1) is 0 Å². The third-order valence-corrected chi connectivity index (χ3v) is 7.45. The SMILES string of the molecule is CN(C)C(=O)Sc1ccccc1NC(=O)CN1C(=O)NC2(CCC(C(C)(C)C)CC2)C1=O. The summed E-state index contributed by atoms with van der Waals surface area (Å²) in [5, 5.41) is 5.43. The summed E-state index contributed by atoms with van der Waals surface area (Å²) >= 11 is 0.996. The van der Waals surface area contributed by atoms with E-state index < -0.39 is 17.5 Å². The molecule has 1 saturated carbocycles. The highest BCUT2D eigenvalue weighted by molar-refractivity contribution is 8.13. The molecule has 1 aromatic carbocycles. The predicted octanol–water partition coefficient (Wildman–Crippen LogP) is 3.93. The first-order chi connectivity index (χ1) is 14.9. The Labute approximate surface area is 193 Å². The molecular formula is C23H32N4O4S. The summed E-state index contributed by atoms with van der Waals surface area (Å²) in [5.41, 5.74) is -0.276. The number of nitrogens with one attached hydrogen (secondary N) is 2. The summed E-state index contributed by atoms with van der Waals surface area (Å²) in [4.78, 5) is 53.5. The molecule has 174 valence electrons. The lowest BCUT2D eigenvalue weighted by atomic mass is 9.67. The number of carbonyl (C=O) groups excluding carboxylic acids is 4. The van der Waals surface area contributed by atoms with Crippen LogP contribution in [0.5, 0.6) is 0 Å². The van der Waals surface area contributed by atoms with Gasteiger partial charge in [0.1, 0.15) is 12.1 Å². The largest absolute Gasteiger partial charge is 0.339 e. The van der Waals surface area contributed by atoms with Crippen LogP contribution in [0.25, 0.3) is 0 Å². The second kappa shape index (κ2) is 9.13. The van der Waals surface area contributed by atoms with Crippen molar-refractivity contribution in [2.45, 2.75) is 56.9 Å². The Balaban J connectivity index is 1.65. The minimum atomic E-state index is -0.898. The molecule has 1 aromatic rings. The van der Waals surface area contributed by atoms with Crippen LogP contribution in [0, 0.1) is 11.3 Å². The van der Waals surface area contributed by atoms with Crippen molar-refractivity contribution >= 4 is 40.5 Å². The highest BCUT2D eigenvalue weighted by Gasteiger charge is 2.53. The predicted molar refractivity (Wildman–Crippen MR) is 124 cm³/mol. The molecule has 2 fully saturated rings. The van der Waals surface area contributed by atoms with Crippen LogP contribution in [0.2, 0.25) is 0 Å². The Hall–Kier alpha value is -2.55. The fraction of sp³-hybridized carbons (Fsp3) is 0.565. The van der Waals surface area contributed by atoms with Crippen LogP contribution in [0.3, 0.4) is 0 Å². The number of amides is 5. The van der Waals surface area contributed by atoms with Crippen LogP contribution < -0.4 is 10.6 Å². The van der Waals surface area contributed by atoms with E-state index in [9.17, 15) is 19.2 Å². The quantitative estimate of drug-likeness (QED) is 0.524. The van der Waals surface area contributed by atoms with E-state index >= 15 is 0 Å². The number of nitrogens with zero attached hydrogens (tertiary/aromatic N) is 2. The molecule has 0 unspecified atom stereocenters. The molecule has 2 N–H and O–H groups in total. The van der Waals surface area contributed by atoms with Gasteiger partial charge in [0.25, 0.3) is 11.1 Å².